The van der Waals surface area contributed by atoms with Crippen LogP contribution in [0.15, 0.2) is 40.8 Å². The fourth-order valence-corrected chi connectivity index (χ4v) is 1.80. The molecule has 0 aliphatic rings. The van der Waals surface area contributed by atoms with E-state index >= 15 is 0 Å². The second-order valence-electron chi connectivity index (χ2n) is 4.10. The highest BCUT2D eigenvalue weighted by Gasteiger charge is 2.10. The average Bonchev–Trinajstić information content (AvgIpc) is 2.75. The predicted molar refractivity (Wildman–Crippen MR) is 67.1 cm³/mol. The monoisotopic (exact) mass is 231 g/mol. The molecule has 0 aliphatic carbocycles. The van der Waals surface area contributed by atoms with Crippen molar-refractivity contribution in [3.8, 4) is 5.75 Å². The number of methoxy groups -OCH3 is 1. The Morgan fingerprint density at radius 3 is 2.76 bits per heavy atom. The Labute approximate surface area is 101 Å². The van der Waals surface area contributed by atoms with Gasteiger partial charge in [-0.05, 0) is 36.8 Å². The summed E-state index contributed by atoms with van der Waals surface area (Å²) in [6.45, 7) is 1.93. The maximum atomic E-state index is 6.14. The molecule has 1 atom stereocenters. The Morgan fingerprint density at radius 1 is 1.29 bits per heavy atom. The van der Waals surface area contributed by atoms with E-state index in [0.717, 1.165) is 22.8 Å². The van der Waals surface area contributed by atoms with E-state index in [1.165, 1.54) is 0 Å². The standard InChI is InChI=1S/C14H17NO2/c1-10-6-7-13(17-10)9-14(15)11-4-3-5-12(8-11)16-2/h3-8,14H,9,15H2,1-2H3. The highest BCUT2D eigenvalue weighted by Crippen LogP contribution is 2.21. The molecule has 0 saturated heterocycles. The van der Waals surface area contributed by atoms with E-state index in [-0.39, 0.29) is 6.04 Å². The molecule has 0 saturated carbocycles. The third kappa shape index (κ3) is 2.88. The van der Waals surface area contributed by atoms with Gasteiger partial charge in [-0.1, -0.05) is 12.1 Å². The molecule has 2 aromatic rings. The molecule has 1 aromatic carbocycles. The lowest BCUT2D eigenvalue weighted by atomic mass is 10.0. The minimum atomic E-state index is -0.0735. The first kappa shape index (κ1) is 11.7. The maximum Gasteiger partial charge on any atom is 0.119 e. The van der Waals surface area contributed by atoms with E-state index in [1.807, 2.05) is 43.3 Å². The Hall–Kier alpha value is -1.74. The van der Waals surface area contributed by atoms with E-state index in [0.29, 0.717) is 6.42 Å². The van der Waals surface area contributed by atoms with Crippen molar-refractivity contribution in [3.63, 3.8) is 0 Å². The smallest absolute Gasteiger partial charge is 0.119 e. The van der Waals surface area contributed by atoms with Crippen LogP contribution in [0.5, 0.6) is 5.75 Å². The third-order valence-electron chi connectivity index (χ3n) is 2.74. The number of furan rings is 1. The van der Waals surface area contributed by atoms with Gasteiger partial charge in [0.05, 0.1) is 7.11 Å². The van der Waals surface area contributed by atoms with Crippen LogP contribution in [0, 0.1) is 6.92 Å². The number of hydrogen-bond acceptors (Lipinski definition) is 3. The Balaban J connectivity index is 2.11. The molecule has 3 heteroatoms. The van der Waals surface area contributed by atoms with E-state index in [2.05, 4.69) is 0 Å². The molecule has 2 rings (SSSR count). The fraction of sp³-hybridized carbons (Fsp3) is 0.286. The van der Waals surface area contributed by atoms with Gasteiger partial charge >= 0.3 is 0 Å². The van der Waals surface area contributed by atoms with Crippen LogP contribution in [0.3, 0.4) is 0 Å². The zero-order valence-corrected chi connectivity index (χ0v) is 10.1. The Kier molecular flexibility index (Phi) is 3.49. The second-order valence-corrected chi connectivity index (χ2v) is 4.10. The summed E-state index contributed by atoms with van der Waals surface area (Å²) in [4.78, 5) is 0. The minimum absolute atomic E-state index is 0.0735. The first-order chi connectivity index (χ1) is 8.19. The molecule has 90 valence electrons. The fourth-order valence-electron chi connectivity index (χ4n) is 1.80. The van der Waals surface area contributed by atoms with Crippen molar-refractivity contribution in [2.24, 2.45) is 5.73 Å². The van der Waals surface area contributed by atoms with Gasteiger partial charge in [-0.2, -0.15) is 0 Å². The van der Waals surface area contributed by atoms with E-state index in [9.17, 15) is 0 Å². The number of aryl methyl sites for hydroxylation is 1. The molecule has 0 bridgehead atoms. The highest BCUT2D eigenvalue weighted by atomic mass is 16.5. The highest BCUT2D eigenvalue weighted by molar-refractivity contribution is 5.31. The second kappa shape index (κ2) is 5.06. The van der Waals surface area contributed by atoms with Crippen molar-refractivity contribution >= 4 is 0 Å². The zero-order chi connectivity index (χ0) is 12.3. The molecule has 1 aromatic heterocycles. The van der Waals surface area contributed by atoms with Crippen LogP contribution in [0.25, 0.3) is 0 Å². The lowest BCUT2D eigenvalue weighted by Gasteiger charge is -2.11. The van der Waals surface area contributed by atoms with Crippen LogP contribution in [0.4, 0.5) is 0 Å². The maximum absolute atomic E-state index is 6.14. The molecular formula is C14H17NO2. The number of ether oxygens (including phenoxy) is 1. The van der Waals surface area contributed by atoms with Gasteiger partial charge in [0.2, 0.25) is 0 Å². The van der Waals surface area contributed by atoms with Crippen molar-refractivity contribution in [3.05, 3.63) is 53.5 Å². The predicted octanol–water partition coefficient (Wildman–Crippen LogP) is 2.84. The summed E-state index contributed by atoms with van der Waals surface area (Å²) in [6.07, 6.45) is 0.695. The van der Waals surface area contributed by atoms with E-state index in [1.54, 1.807) is 7.11 Å². The lowest BCUT2D eigenvalue weighted by molar-refractivity contribution is 0.413. The SMILES string of the molecule is COc1cccc(C(N)Cc2ccc(C)o2)c1. The molecule has 1 heterocycles. The number of rotatable bonds is 4. The normalized spacial score (nSPS) is 12.4. The van der Waals surface area contributed by atoms with Crippen LogP contribution in [0.1, 0.15) is 23.1 Å². The number of nitrogens with two attached hydrogens (primary N) is 1. The third-order valence-corrected chi connectivity index (χ3v) is 2.74. The van der Waals surface area contributed by atoms with Crippen molar-refractivity contribution in [2.45, 2.75) is 19.4 Å². The van der Waals surface area contributed by atoms with Crippen LogP contribution in [-0.4, -0.2) is 7.11 Å². The summed E-state index contributed by atoms with van der Waals surface area (Å²) < 4.78 is 10.7. The molecule has 0 radical (unpaired) electrons. The van der Waals surface area contributed by atoms with Crippen molar-refractivity contribution in [2.75, 3.05) is 7.11 Å². The summed E-state index contributed by atoms with van der Waals surface area (Å²) in [6, 6.07) is 11.7. The van der Waals surface area contributed by atoms with Crippen LogP contribution in [-0.2, 0) is 6.42 Å². The summed E-state index contributed by atoms with van der Waals surface area (Å²) >= 11 is 0. The topological polar surface area (TPSA) is 48.4 Å². The molecule has 0 spiro atoms. The molecule has 1 unspecified atom stereocenters. The molecule has 0 amide bonds. The molecule has 3 nitrogen and oxygen atoms in total. The quantitative estimate of drug-likeness (QED) is 0.880. The number of benzene rings is 1. The Bertz CT molecular complexity index is 490. The lowest BCUT2D eigenvalue weighted by Crippen LogP contribution is -2.12. The number of hydrogen-bond donors (Lipinski definition) is 1. The average molecular weight is 231 g/mol. The van der Waals surface area contributed by atoms with Gasteiger partial charge in [0.15, 0.2) is 0 Å². The van der Waals surface area contributed by atoms with Gasteiger partial charge in [0.1, 0.15) is 17.3 Å². The van der Waals surface area contributed by atoms with Crippen molar-refractivity contribution in [1.29, 1.82) is 0 Å². The van der Waals surface area contributed by atoms with Gasteiger partial charge in [0.25, 0.3) is 0 Å². The summed E-state index contributed by atoms with van der Waals surface area (Å²) in [5.41, 5.74) is 7.20. The van der Waals surface area contributed by atoms with Gasteiger partial charge in [0, 0.05) is 12.5 Å². The van der Waals surface area contributed by atoms with Gasteiger partial charge in [-0.25, -0.2) is 0 Å². The summed E-state index contributed by atoms with van der Waals surface area (Å²) in [5.74, 6) is 2.66. The minimum Gasteiger partial charge on any atom is -0.497 e. The molecule has 2 N–H and O–H groups in total. The summed E-state index contributed by atoms with van der Waals surface area (Å²) in [5, 5.41) is 0. The van der Waals surface area contributed by atoms with Gasteiger partial charge in [-0.15, -0.1) is 0 Å². The largest absolute Gasteiger partial charge is 0.497 e. The first-order valence-electron chi connectivity index (χ1n) is 5.64. The molecule has 17 heavy (non-hydrogen) atoms. The van der Waals surface area contributed by atoms with E-state index in [4.69, 9.17) is 14.9 Å². The van der Waals surface area contributed by atoms with E-state index < -0.39 is 0 Å². The molecule has 0 fully saturated rings. The van der Waals surface area contributed by atoms with Crippen molar-refractivity contribution in [1.82, 2.24) is 0 Å². The van der Waals surface area contributed by atoms with Crippen LogP contribution < -0.4 is 10.5 Å². The van der Waals surface area contributed by atoms with Crippen molar-refractivity contribution < 1.29 is 9.15 Å². The molecule has 0 aliphatic heterocycles. The Morgan fingerprint density at radius 2 is 2.12 bits per heavy atom. The zero-order valence-electron chi connectivity index (χ0n) is 10.1. The first-order valence-corrected chi connectivity index (χ1v) is 5.64. The summed E-state index contributed by atoms with van der Waals surface area (Å²) in [7, 11) is 1.65. The van der Waals surface area contributed by atoms with Crippen LogP contribution >= 0.6 is 0 Å². The van der Waals surface area contributed by atoms with Crippen LogP contribution in [0.2, 0.25) is 0 Å². The van der Waals surface area contributed by atoms with Gasteiger partial charge < -0.3 is 14.9 Å². The molecular weight excluding hydrogens is 214 g/mol. The van der Waals surface area contributed by atoms with Gasteiger partial charge in [-0.3, -0.25) is 0 Å².